The van der Waals surface area contributed by atoms with E-state index in [-0.39, 0.29) is 28.2 Å². The van der Waals surface area contributed by atoms with Gasteiger partial charge in [0.15, 0.2) is 11.6 Å². The molecule has 0 spiro atoms. The predicted molar refractivity (Wildman–Crippen MR) is 149 cm³/mol. The van der Waals surface area contributed by atoms with Crippen molar-refractivity contribution in [2.45, 2.75) is 26.2 Å². The average molecular weight is 547 g/mol. The van der Waals surface area contributed by atoms with Crippen LogP contribution >= 0.6 is 0 Å². The van der Waals surface area contributed by atoms with Gasteiger partial charge in [0.05, 0.1) is 18.8 Å². The molecule has 7 heteroatoms. The van der Waals surface area contributed by atoms with Crippen molar-refractivity contribution in [3.8, 4) is 39.5 Å². The standard InChI is InChI=1S/C33H29F3O4/c1-3-5-19-38-24-11-7-22(8-12-24)27-17-18-28(32(36)31(27)35)23-9-13-25(14-10-23)40-33(37)29-16-15-26(21-30(29)34)39-20-6-4-2/h4,7-18,21H,2-3,5-6,19-20H2,1H3. The number of hydrogen-bond acceptors (Lipinski definition) is 4. The van der Waals surface area contributed by atoms with Crippen LogP contribution in [0.3, 0.4) is 0 Å². The van der Waals surface area contributed by atoms with Crippen LogP contribution in [0.25, 0.3) is 22.3 Å². The lowest BCUT2D eigenvalue weighted by Crippen LogP contribution is -2.11. The molecule has 4 nitrogen and oxygen atoms in total. The van der Waals surface area contributed by atoms with Gasteiger partial charge in [-0.1, -0.05) is 55.8 Å². The van der Waals surface area contributed by atoms with Gasteiger partial charge in [0.25, 0.3) is 0 Å². The lowest BCUT2D eigenvalue weighted by Gasteiger charge is -2.11. The molecule has 0 bridgehead atoms. The Morgan fingerprint density at radius 2 is 1.30 bits per heavy atom. The molecule has 0 aliphatic heterocycles. The highest BCUT2D eigenvalue weighted by Gasteiger charge is 2.18. The molecule has 0 radical (unpaired) electrons. The van der Waals surface area contributed by atoms with Gasteiger partial charge in [-0.2, -0.15) is 0 Å². The molecule has 0 aromatic heterocycles. The second kappa shape index (κ2) is 13.5. The number of hydrogen-bond donors (Lipinski definition) is 0. The van der Waals surface area contributed by atoms with Crippen molar-refractivity contribution in [1.82, 2.24) is 0 Å². The van der Waals surface area contributed by atoms with E-state index in [1.807, 2.05) is 0 Å². The van der Waals surface area contributed by atoms with Crippen LogP contribution in [0.2, 0.25) is 0 Å². The van der Waals surface area contributed by atoms with Crippen molar-refractivity contribution in [2.24, 2.45) is 0 Å². The summed E-state index contributed by atoms with van der Waals surface area (Å²) >= 11 is 0. The molecule has 0 saturated heterocycles. The third-order valence-electron chi connectivity index (χ3n) is 6.14. The summed E-state index contributed by atoms with van der Waals surface area (Å²) in [5, 5.41) is 0. The summed E-state index contributed by atoms with van der Waals surface area (Å²) in [6.45, 7) is 6.60. The van der Waals surface area contributed by atoms with Gasteiger partial charge in [-0.15, -0.1) is 6.58 Å². The molecule has 206 valence electrons. The van der Waals surface area contributed by atoms with Gasteiger partial charge in [-0.25, -0.2) is 18.0 Å². The Bertz CT molecular complexity index is 1460. The Morgan fingerprint density at radius 3 is 1.85 bits per heavy atom. The van der Waals surface area contributed by atoms with E-state index >= 15 is 8.78 Å². The monoisotopic (exact) mass is 546 g/mol. The highest BCUT2D eigenvalue weighted by molar-refractivity contribution is 5.91. The zero-order valence-electron chi connectivity index (χ0n) is 22.1. The lowest BCUT2D eigenvalue weighted by molar-refractivity contribution is 0.0730. The zero-order chi connectivity index (χ0) is 28.5. The normalized spacial score (nSPS) is 10.7. The number of esters is 1. The maximum absolute atomic E-state index is 15.1. The summed E-state index contributed by atoms with van der Waals surface area (Å²) in [5.74, 6) is -2.57. The van der Waals surface area contributed by atoms with Crippen LogP contribution in [0.4, 0.5) is 13.2 Å². The molecular weight excluding hydrogens is 517 g/mol. The second-order valence-electron chi connectivity index (χ2n) is 9.00. The molecule has 0 heterocycles. The van der Waals surface area contributed by atoms with Gasteiger partial charge >= 0.3 is 5.97 Å². The first-order valence-corrected chi connectivity index (χ1v) is 13.0. The number of carbonyl (C=O) groups excluding carboxylic acids is 1. The van der Waals surface area contributed by atoms with E-state index in [0.717, 1.165) is 18.9 Å². The number of carbonyl (C=O) groups is 1. The molecule has 40 heavy (non-hydrogen) atoms. The first kappa shape index (κ1) is 28.5. The fourth-order valence-electron chi connectivity index (χ4n) is 3.94. The molecule has 4 aromatic carbocycles. The van der Waals surface area contributed by atoms with Crippen LogP contribution in [0.5, 0.6) is 17.2 Å². The highest BCUT2D eigenvalue weighted by atomic mass is 19.2. The van der Waals surface area contributed by atoms with Crippen molar-refractivity contribution in [3.63, 3.8) is 0 Å². The average Bonchev–Trinajstić information content (AvgIpc) is 2.96. The molecule has 0 fully saturated rings. The Morgan fingerprint density at radius 1 is 0.750 bits per heavy atom. The largest absolute Gasteiger partial charge is 0.494 e. The molecule has 0 saturated carbocycles. The molecule has 4 aromatic rings. The fourth-order valence-corrected chi connectivity index (χ4v) is 3.94. The van der Waals surface area contributed by atoms with Crippen LogP contribution in [-0.4, -0.2) is 19.2 Å². The van der Waals surface area contributed by atoms with Crippen LogP contribution in [-0.2, 0) is 0 Å². The smallest absolute Gasteiger partial charge is 0.346 e. The lowest BCUT2D eigenvalue weighted by atomic mass is 9.98. The molecule has 0 atom stereocenters. The van der Waals surface area contributed by atoms with Gasteiger partial charge in [0.2, 0.25) is 0 Å². The molecule has 0 amide bonds. The molecule has 0 aliphatic rings. The third-order valence-corrected chi connectivity index (χ3v) is 6.14. The summed E-state index contributed by atoms with van der Waals surface area (Å²) in [4.78, 5) is 12.5. The maximum atomic E-state index is 15.1. The molecular formula is C33H29F3O4. The van der Waals surface area contributed by atoms with E-state index in [4.69, 9.17) is 14.2 Å². The van der Waals surface area contributed by atoms with Gasteiger partial charge in [-0.05, 0) is 60.4 Å². The Labute approximate surface area is 231 Å². The van der Waals surface area contributed by atoms with E-state index in [1.165, 1.54) is 48.5 Å². The van der Waals surface area contributed by atoms with Crippen LogP contribution in [0, 0.1) is 17.5 Å². The minimum Gasteiger partial charge on any atom is -0.494 e. The van der Waals surface area contributed by atoms with Gasteiger partial charge < -0.3 is 14.2 Å². The number of rotatable bonds is 12. The van der Waals surface area contributed by atoms with Crippen LogP contribution in [0.15, 0.2) is 91.5 Å². The minimum atomic E-state index is -0.997. The first-order chi connectivity index (χ1) is 19.4. The van der Waals surface area contributed by atoms with Crippen molar-refractivity contribution in [1.29, 1.82) is 0 Å². The number of benzene rings is 4. The molecule has 0 aliphatic carbocycles. The number of halogens is 3. The topological polar surface area (TPSA) is 44.8 Å². The van der Waals surface area contributed by atoms with E-state index in [2.05, 4.69) is 13.5 Å². The summed E-state index contributed by atoms with van der Waals surface area (Å²) in [6, 6.07) is 19.6. The SMILES string of the molecule is C=CCCOc1ccc(C(=O)Oc2ccc(-c3ccc(-c4ccc(OCCCC)cc4)c(F)c3F)cc2)c(F)c1. The molecule has 0 N–H and O–H groups in total. The summed E-state index contributed by atoms with van der Waals surface area (Å²) < 4.78 is 60.8. The van der Waals surface area contributed by atoms with Crippen LogP contribution in [0.1, 0.15) is 36.5 Å². The quantitative estimate of drug-likeness (QED) is 0.0771. The van der Waals surface area contributed by atoms with Gasteiger partial charge in [0.1, 0.15) is 23.1 Å². The Kier molecular flexibility index (Phi) is 9.62. The fraction of sp³-hybridized carbons (Fsp3) is 0.182. The third kappa shape index (κ3) is 6.91. The van der Waals surface area contributed by atoms with Gasteiger partial charge in [0, 0.05) is 17.2 Å². The van der Waals surface area contributed by atoms with E-state index in [1.54, 1.807) is 30.3 Å². The van der Waals surface area contributed by atoms with Crippen LogP contribution < -0.4 is 14.2 Å². The maximum Gasteiger partial charge on any atom is 0.346 e. The Balaban J connectivity index is 1.44. The number of unbranched alkanes of at least 4 members (excludes halogenated alkanes) is 1. The van der Waals surface area contributed by atoms with Crippen molar-refractivity contribution in [3.05, 3.63) is 115 Å². The molecule has 0 unspecified atom stereocenters. The minimum absolute atomic E-state index is 0.0525. The Hall–Kier alpha value is -4.52. The highest BCUT2D eigenvalue weighted by Crippen LogP contribution is 2.33. The van der Waals surface area contributed by atoms with E-state index in [9.17, 15) is 9.18 Å². The van der Waals surface area contributed by atoms with Crippen molar-refractivity contribution in [2.75, 3.05) is 13.2 Å². The summed E-state index contributed by atoms with van der Waals surface area (Å²) in [6.07, 6.45) is 4.24. The summed E-state index contributed by atoms with van der Waals surface area (Å²) in [5.41, 5.74) is 0.832. The van der Waals surface area contributed by atoms with E-state index in [0.29, 0.717) is 36.5 Å². The summed E-state index contributed by atoms with van der Waals surface area (Å²) in [7, 11) is 0. The second-order valence-corrected chi connectivity index (χ2v) is 9.00. The first-order valence-electron chi connectivity index (χ1n) is 13.0. The molecule has 4 rings (SSSR count). The predicted octanol–water partition coefficient (Wildman–Crippen LogP) is 8.79. The van der Waals surface area contributed by atoms with Gasteiger partial charge in [-0.3, -0.25) is 0 Å². The van der Waals surface area contributed by atoms with Crippen molar-refractivity contribution >= 4 is 5.97 Å². The zero-order valence-corrected chi connectivity index (χ0v) is 22.1. The van der Waals surface area contributed by atoms with Crippen molar-refractivity contribution < 1.29 is 32.2 Å². The van der Waals surface area contributed by atoms with E-state index < -0.39 is 23.4 Å². The number of ether oxygens (including phenoxy) is 3.